The summed E-state index contributed by atoms with van der Waals surface area (Å²) in [5, 5.41) is 0. The monoisotopic (exact) mass is 496 g/mol. The molecule has 2 aliphatic heterocycles. The highest BCUT2D eigenvalue weighted by Crippen LogP contribution is 2.42. The zero-order valence-electron chi connectivity index (χ0n) is 21.5. The highest BCUT2D eigenvalue weighted by atomic mass is 19.1. The van der Waals surface area contributed by atoms with Gasteiger partial charge in [-0.15, -0.1) is 0 Å². The van der Waals surface area contributed by atoms with E-state index in [1.807, 2.05) is 41.3 Å². The van der Waals surface area contributed by atoms with E-state index in [2.05, 4.69) is 4.90 Å². The van der Waals surface area contributed by atoms with Gasteiger partial charge in [0, 0.05) is 64.3 Å². The number of amides is 1. The van der Waals surface area contributed by atoms with Gasteiger partial charge in [-0.3, -0.25) is 14.5 Å². The van der Waals surface area contributed by atoms with E-state index in [-0.39, 0.29) is 23.6 Å². The van der Waals surface area contributed by atoms with Crippen LogP contribution in [0.15, 0.2) is 48.5 Å². The van der Waals surface area contributed by atoms with Gasteiger partial charge in [-0.1, -0.05) is 42.5 Å². The van der Waals surface area contributed by atoms with E-state index in [1.54, 1.807) is 27.2 Å². The highest BCUT2D eigenvalue weighted by molar-refractivity contribution is 5.99. The van der Waals surface area contributed by atoms with Crippen LogP contribution in [-0.2, 0) is 14.3 Å². The number of Topliss-reactive ketones (excluding diaryl/α,β-unsaturated/α-hetero) is 1. The van der Waals surface area contributed by atoms with Crippen molar-refractivity contribution in [2.24, 2.45) is 11.8 Å². The summed E-state index contributed by atoms with van der Waals surface area (Å²) >= 11 is 0. The minimum Gasteiger partial charge on any atom is -0.383 e. The lowest BCUT2D eigenvalue weighted by molar-refractivity contribution is -0.141. The molecule has 0 saturated carbocycles. The van der Waals surface area contributed by atoms with Gasteiger partial charge in [0.25, 0.3) is 0 Å². The van der Waals surface area contributed by atoms with Gasteiger partial charge < -0.3 is 14.4 Å². The van der Waals surface area contributed by atoms with Gasteiger partial charge in [0.2, 0.25) is 5.91 Å². The van der Waals surface area contributed by atoms with Crippen LogP contribution in [0.1, 0.15) is 40.2 Å². The van der Waals surface area contributed by atoms with Crippen molar-refractivity contribution < 1.29 is 23.5 Å². The fourth-order valence-electron chi connectivity index (χ4n) is 5.80. The Labute approximate surface area is 213 Å². The van der Waals surface area contributed by atoms with Crippen LogP contribution in [0.5, 0.6) is 0 Å². The normalized spacial score (nSPS) is 23.6. The minimum atomic E-state index is -0.482. The molecular formula is C29H37FN2O4. The second-order valence-electron chi connectivity index (χ2n) is 9.94. The summed E-state index contributed by atoms with van der Waals surface area (Å²) in [4.78, 5) is 32.1. The van der Waals surface area contributed by atoms with Crippen LogP contribution >= 0.6 is 0 Å². The Morgan fingerprint density at radius 2 is 1.67 bits per heavy atom. The standard InChI is InChI=1S/C29H37FN2O4/c1-20-23(10-7-11-26(20)30)27-24(28(33)21-8-5-4-6-9-21)18-31(16-17-35-2)19-25(27)29(34)32-14-12-22(36-3)13-15-32/h4-11,22,24-25,27H,12-19H2,1-3H3/t24-,25+,27+/m0/s1. The zero-order chi connectivity index (χ0) is 25.7. The molecule has 3 atom stereocenters. The number of carbonyl (C=O) groups is 2. The Morgan fingerprint density at radius 1 is 0.972 bits per heavy atom. The van der Waals surface area contributed by atoms with Crippen LogP contribution in [0.3, 0.4) is 0 Å². The smallest absolute Gasteiger partial charge is 0.227 e. The van der Waals surface area contributed by atoms with Gasteiger partial charge in [0.15, 0.2) is 5.78 Å². The number of benzene rings is 2. The molecule has 2 fully saturated rings. The number of nitrogens with zero attached hydrogens (tertiary/aromatic N) is 2. The molecule has 0 aliphatic carbocycles. The molecule has 0 spiro atoms. The fraction of sp³-hybridized carbons (Fsp3) is 0.517. The Balaban J connectivity index is 1.75. The summed E-state index contributed by atoms with van der Waals surface area (Å²) in [7, 11) is 3.36. The third-order valence-corrected chi connectivity index (χ3v) is 7.86. The average Bonchev–Trinajstić information content (AvgIpc) is 2.92. The van der Waals surface area contributed by atoms with Crippen LogP contribution in [0.2, 0.25) is 0 Å². The Hall–Kier alpha value is -2.61. The quantitative estimate of drug-likeness (QED) is 0.519. The Morgan fingerprint density at radius 3 is 2.33 bits per heavy atom. The molecule has 2 heterocycles. The second kappa shape index (κ2) is 12.1. The summed E-state index contributed by atoms with van der Waals surface area (Å²) < 4.78 is 25.6. The molecule has 2 aromatic carbocycles. The SMILES string of the molecule is COCCN1C[C@H](C(=O)c2ccccc2)[C@@H](c2cccc(F)c2C)[C@H](C(=O)N2CCC(OC)CC2)C1. The molecular weight excluding hydrogens is 459 g/mol. The maximum atomic E-state index is 14.8. The number of halogens is 1. The van der Waals surface area contributed by atoms with Crippen molar-refractivity contribution in [2.45, 2.75) is 31.8 Å². The second-order valence-corrected chi connectivity index (χ2v) is 9.94. The van der Waals surface area contributed by atoms with Gasteiger partial charge in [-0.2, -0.15) is 0 Å². The molecule has 7 heteroatoms. The predicted octanol–water partition coefficient (Wildman–Crippen LogP) is 3.93. The van der Waals surface area contributed by atoms with Crippen LogP contribution < -0.4 is 0 Å². The Bertz CT molecular complexity index is 1040. The minimum absolute atomic E-state index is 0.0118. The van der Waals surface area contributed by atoms with Gasteiger partial charge in [0.05, 0.1) is 18.6 Å². The lowest BCUT2D eigenvalue weighted by Gasteiger charge is -2.45. The topological polar surface area (TPSA) is 59.1 Å². The van der Waals surface area contributed by atoms with Crippen LogP contribution in [0.25, 0.3) is 0 Å². The van der Waals surface area contributed by atoms with Crippen molar-refractivity contribution >= 4 is 11.7 Å². The van der Waals surface area contributed by atoms with Crippen molar-refractivity contribution in [1.29, 1.82) is 0 Å². The molecule has 194 valence electrons. The molecule has 4 rings (SSSR count). The lowest BCUT2D eigenvalue weighted by Crippen LogP contribution is -2.55. The van der Waals surface area contributed by atoms with Gasteiger partial charge in [-0.05, 0) is 37.0 Å². The number of rotatable bonds is 8. The summed E-state index contributed by atoms with van der Waals surface area (Å²) in [6.07, 6.45) is 1.74. The molecule has 0 bridgehead atoms. The first kappa shape index (κ1) is 26.5. The number of likely N-dealkylation sites (tertiary alicyclic amines) is 2. The first-order chi connectivity index (χ1) is 17.4. The van der Waals surface area contributed by atoms with Gasteiger partial charge in [-0.25, -0.2) is 4.39 Å². The van der Waals surface area contributed by atoms with E-state index < -0.39 is 17.8 Å². The number of methoxy groups -OCH3 is 2. The predicted molar refractivity (Wildman–Crippen MR) is 137 cm³/mol. The number of piperidine rings is 2. The van der Waals surface area contributed by atoms with E-state index in [0.717, 1.165) is 18.4 Å². The molecule has 36 heavy (non-hydrogen) atoms. The molecule has 2 aromatic rings. The molecule has 0 unspecified atom stereocenters. The largest absolute Gasteiger partial charge is 0.383 e. The van der Waals surface area contributed by atoms with Crippen molar-refractivity contribution in [3.8, 4) is 0 Å². The number of ketones is 1. The van der Waals surface area contributed by atoms with Gasteiger partial charge >= 0.3 is 0 Å². The van der Waals surface area contributed by atoms with Crippen molar-refractivity contribution in [1.82, 2.24) is 9.80 Å². The first-order valence-corrected chi connectivity index (χ1v) is 12.8. The van der Waals surface area contributed by atoms with Crippen molar-refractivity contribution in [3.63, 3.8) is 0 Å². The van der Waals surface area contributed by atoms with E-state index in [9.17, 15) is 14.0 Å². The molecule has 6 nitrogen and oxygen atoms in total. The maximum Gasteiger partial charge on any atom is 0.227 e. The molecule has 2 aliphatic rings. The van der Waals surface area contributed by atoms with Gasteiger partial charge in [0.1, 0.15) is 5.82 Å². The molecule has 1 amide bonds. The zero-order valence-corrected chi connectivity index (χ0v) is 21.5. The number of hydrogen-bond acceptors (Lipinski definition) is 5. The summed E-state index contributed by atoms with van der Waals surface area (Å²) in [6, 6.07) is 14.2. The maximum absolute atomic E-state index is 14.8. The van der Waals surface area contributed by atoms with Crippen LogP contribution in [0.4, 0.5) is 4.39 Å². The number of ether oxygens (including phenoxy) is 2. The lowest BCUT2D eigenvalue weighted by atomic mass is 9.69. The fourth-order valence-corrected chi connectivity index (χ4v) is 5.80. The van der Waals surface area contributed by atoms with Crippen molar-refractivity contribution in [3.05, 3.63) is 71.0 Å². The summed E-state index contributed by atoms with van der Waals surface area (Å²) in [6.45, 7) is 5.13. The average molecular weight is 497 g/mol. The molecule has 0 radical (unpaired) electrons. The highest BCUT2D eigenvalue weighted by Gasteiger charge is 2.46. The van der Waals surface area contributed by atoms with E-state index in [0.29, 0.717) is 50.5 Å². The third kappa shape index (κ3) is 5.69. The summed E-state index contributed by atoms with van der Waals surface area (Å²) in [5.74, 6) is -1.66. The first-order valence-electron chi connectivity index (χ1n) is 12.8. The van der Waals surface area contributed by atoms with E-state index in [1.165, 1.54) is 6.07 Å². The van der Waals surface area contributed by atoms with Crippen molar-refractivity contribution in [2.75, 3.05) is 53.6 Å². The molecule has 0 N–H and O–H groups in total. The number of carbonyl (C=O) groups excluding carboxylic acids is 2. The van der Waals surface area contributed by atoms with Crippen LogP contribution in [0, 0.1) is 24.6 Å². The molecule has 0 aromatic heterocycles. The van der Waals surface area contributed by atoms with Crippen LogP contribution in [-0.4, -0.2) is 81.1 Å². The van der Waals surface area contributed by atoms with E-state index in [4.69, 9.17) is 9.47 Å². The number of hydrogen-bond donors (Lipinski definition) is 0. The molecule has 2 saturated heterocycles. The Kier molecular flexibility index (Phi) is 8.88. The van der Waals surface area contributed by atoms with E-state index >= 15 is 0 Å². The summed E-state index contributed by atoms with van der Waals surface area (Å²) in [5.41, 5.74) is 1.87. The third-order valence-electron chi connectivity index (χ3n) is 7.86.